The van der Waals surface area contributed by atoms with Crippen LogP contribution in [0.4, 0.5) is 5.69 Å². The molecule has 0 bridgehead atoms. The first kappa shape index (κ1) is 22.4. The number of esters is 2. The van der Waals surface area contributed by atoms with E-state index in [9.17, 15) is 9.59 Å². The molecule has 5 nitrogen and oxygen atoms in total. The topological polar surface area (TPSA) is 64.6 Å². The Hall–Kier alpha value is -1.77. The van der Waals surface area contributed by atoms with Gasteiger partial charge in [-0.3, -0.25) is 0 Å². The third kappa shape index (κ3) is 3.83. The van der Waals surface area contributed by atoms with E-state index in [4.69, 9.17) is 9.47 Å². The van der Waals surface area contributed by atoms with Crippen molar-refractivity contribution in [3.8, 4) is 0 Å². The molecule has 0 saturated heterocycles. The molecule has 0 radical (unpaired) electrons. The number of hydrogen-bond acceptors (Lipinski definition) is 8. The number of para-hydroxylation sites is 1. The molecule has 164 valence electrons. The van der Waals surface area contributed by atoms with Crippen LogP contribution in [0.1, 0.15) is 38.8 Å². The van der Waals surface area contributed by atoms with Gasteiger partial charge >= 0.3 is 11.9 Å². The zero-order valence-electron chi connectivity index (χ0n) is 18.2. The van der Waals surface area contributed by atoms with Gasteiger partial charge in [-0.1, -0.05) is 41.7 Å². The number of benzene rings is 1. The van der Waals surface area contributed by atoms with Gasteiger partial charge < -0.3 is 14.8 Å². The molecule has 3 aliphatic heterocycles. The highest BCUT2D eigenvalue weighted by atomic mass is 32.2. The number of rotatable bonds is 4. The Morgan fingerprint density at radius 1 is 1.06 bits per heavy atom. The third-order valence-corrected chi connectivity index (χ3v) is 9.48. The van der Waals surface area contributed by atoms with Gasteiger partial charge in [0.2, 0.25) is 0 Å². The fraction of sp³-hybridized carbons (Fsp3) is 0.391. The van der Waals surface area contributed by atoms with Crippen molar-refractivity contribution in [2.45, 2.75) is 44.2 Å². The molecule has 0 aliphatic carbocycles. The maximum atomic E-state index is 12.8. The van der Waals surface area contributed by atoms with Crippen molar-refractivity contribution in [2.24, 2.45) is 0 Å². The molecule has 0 amide bonds. The van der Waals surface area contributed by atoms with Gasteiger partial charge in [0, 0.05) is 21.7 Å². The first-order valence-electron chi connectivity index (χ1n) is 10.2. The Bertz CT molecular complexity index is 1060. The van der Waals surface area contributed by atoms with Crippen LogP contribution in [0.25, 0.3) is 5.57 Å². The summed E-state index contributed by atoms with van der Waals surface area (Å²) in [6.45, 7) is 10.6. The number of nitrogens with one attached hydrogen (secondary N) is 1. The van der Waals surface area contributed by atoms with E-state index in [1.54, 1.807) is 25.6 Å². The molecule has 3 aliphatic rings. The van der Waals surface area contributed by atoms with Crippen molar-refractivity contribution in [3.05, 3.63) is 55.5 Å². The van der Waals surface area contributed by atoms with Gasteiger partial charge in [-0.25, -0.2) is 9.59 Å². The second-order valence-electron chi connectivity index (χ2n) is 7.87. The van der Waals surface area contributed by atoms with Crippen LogP contribution in [0.2, 0.25) is 0 Å². The average molecular weight is 476 g/mol. The highest BCUT2D eigenvalue weighted by Gasteiger charge is 2.51. The summed E-state index contributed by atoms with van der Waals surface area (Å²) in [7, 11) is 0. The molecular formula is C23H25NO4S3. The molecule has 0 unspecified atom stereocenters. The summed E-state index contributed by atoms with van der Waals surface area (Å²) in [6, 6.07) is 6.24. The summed E-state index contributed by atoms with van der Waals surface area (Å²) >= 11 is 4.44. The summed E-state index contributed by atoms with van der Waals surface area (Å²) in [5.74, 6) is -0.670. The van der Waals surface area contributed by atoms with Crippen LogP contribution in [0.3, 0.4) is 0 Å². The van der Waals surface area contributed by atoms with Crippen LogP contribution in [0, 0.1) is 6.92 Å². The van der Waals surface area contributed by atoms with Gasteiger partial charge in [0.15, 0.2) is 0 Å². The van der Waals surface area contributed by atoms with Crippen molar-refractivity contribution >= 4 is 58.5 Å². The lowest BCUT2D eigenvalue weighted by Gasteiger charge is -2.45. The van der Waals surface area contributed by atoms with Crippen molar-refractivity contribution < 1.29 is 19.1 Å². The SMILES string of the molecule is CCOC(=O)C1=C[C@]2(SC=C(C(=O)OCC)S2)C2=C(S1)C(C)(C)Nc1c(C)cccc12. The number of anilines is 1. The Kier molecular flexibility index (Phi) is 6.00. The molecule has 31 heavy (non-hydrogen) atoms. The normalized spacial score (nSPS) is 23.4. The second-order valence-corrected chi connectivity index (χ2v) is 11.6. The van der Waals surface area contributed by atoms with E-state index in [1.165, 1.54) is 23.5 Å². The van der Waals surface area contributed by atoms with E-state index in [0.717, 1.165) is 27.3 Å². The molecule has 1 aromatic rings. The molecule has 1 N–H and O–H groups in total. The maximum Gasteiger partial charge on any atom is 0.345 e. The molecule has 0 fully saturated rings. The number of carbonyl (C=O) groups excluding carboxylic acids is 2. The summed E-state index contributed by atoms with van der Waals surface area (Å²) in [5.41, 5.74) is 4.07. The number of hydrogen-bond donors (Lipinski definition) is 1. The standard InChI is InChI=1S/C23H25NO4S3/c1-6-27-20(25)15-11-23(29-12-16(31-23)21(26)28-7-2)17-14-10-8-9-13(3)18(14)24-22(4,5)19(17)30-15/h8-12,24H,6-7H2,1-5H3/t23-/m1/s1. The molecule has 1 spiro atoms. The van der Waals surface area contributed by atoms with Gasteiger partial charge in [0.1, 0.15) is 8.98 Å². The zero-order valence-corrected chi connectivity index (χ0v) is 20.6. The van der Waals surface area contributed by atoms with Crippen molar-refractivity contribution in [2.75, 3.05) is 18.5 Å². The predicted molar refractivity (Wildman–Crippen MR) is 131 cm³/mol. The molecule has 8 heteroatoms. The molecule has 3 heterocycles. The van der Waals surface area contributed by atoms with Gasteiger partial charge in [-0.2, -0.15) is 0 Å². The first-order valence-corrected chi connectivity index (χ1v) is 12.7. The van der Waals surface area contributed by atoms with E-state index < -0.39 is 9.62 Å². The quantitative estimate of drug-likeness (QED) is 0.558. The average Bonchev–Trinajstić information content (AvgIpc) is 3.13. The lowest BCUT2D eigenvalue weighted by molar-refractivity contribution is -0.138. The van der Waals surface area contributed by atoms with Gasteiger partial charge in [0.25, 0.3) is 0 Å². The largest absolute Gasteiger partial charge is 0.462 e. The Morgan fingerprint density at radius 2 is 1.74 bits per heavy atom. The fourth-order valence-corrected chi connectivity index (χ4v) is 8.23. The smallest absolute Gasteiger partial charge is 0.345 e. The van der Waals surface area contributed by atoms with Gasteiger partial charge in [-0.15, -0.1) is 11.8 Å². The van der Waals surface area contributed by atoms with Crippen molar-refractivity contribution in [3.63, 3.8) is 0 Å². The lowest BCUT2D eigenvalue weighted by Crippen LogP contribution is -2.41. The van der Waals surface area contributed by atoms with E-state index in [2.05, 4.69) is 38.2 Å². The second kappa shape index (κ2) is 8.30. The van der Waals surface area contributed by atoms with Crippen LogP contribution < -0.4 is 5.32 Å². The summed E-state index contributed by atoms with van der Waals surface area (Å²) in [6.07, 6.45) is 1.96. The zero-order chi connectivity index (χ0) is 22.4. The van der Waals surface area contributed by atoms with Crippen LogP contribution in [0.15, 0.2) is 44.4 Å². The number of carbonyl (C=O) groups is 2. The highest BCUT2D eigenvalue weighted by Crippen LogP contribution is 2.65. The van der Waals surface area contributed by atoms with E-state index in [1.807, 2.05) is 17.6 Å². The summed E-state index contributed by atoms with van der Waals surface area (Å²) in [5, 5.41) is 5.52. The first-order chi connectivity index (χ1) is 14.7. The van der Waals surface area contributed by atoms with E-state index in [0.29, 0.717) is 23.0 Å². The van der Waals surface area contributed by atoms with E-state index in [-0.39, 0.29) is 11.9 Å². The van der Waals surface area contributed by atoms with E-state index >= 15 is 0 Å². The maximum absolute atomic E-state index is 12.8. The minimum atomic E-state index is -0.646. The predicted octanol–water partition coefficient (Wildman–Crippen LogP) is 5.68. The molecule has 4 rings (SSSR count). The van der Waals surface area contributed by atoms with Crippen molar-refractivity contribution in [1.29, 1.82) is 0 Å². The minimum absolute atomic E-state index is 0.311. The molecule has 1 aromatic carbocycles. The molecule has 0 saturated carbocycles. The molecule has 0 aromatic heterocycles. The number of aryl methyl sites for hydroxylation is 1. The van der Waals surface area contributed by atoms with Gasteiger partial charge in [-0.05, 0) is 51.7 Å². The number of fused-ring (bicyclic) bond motifs is 3. The lowest BCUT2D eigenvalue weighted by atomic mass is 9.86. The monoisotopic (exact) mass is 475 g/mol. The van der Waals surface area contributed by atoms with Gasteiger partial charge in [0.05, 0.1) is 23.7 Å². The number of thioether (sulfide) groups is 3. The van der Waals surface area contributed by atoms with Crippen LogP contribution >= 0.6 is 35.3 Å². The minimum Gasteiger partial charge on any atom is -0.462 e. The highest BCUT2D eigenvalue weighted by molar-refractivity contribution is 8.25. The fourth-order valence-electron chi connectivity index (χ4n) is 3.88. The molecular weight excluding hydrogens is 450 g/mol. The van der Waals surface area contributed by atoms with Crippen LogP contribution in [-0.4, -0.2) is 34.8 Å². The van der Waals surface area contributed by atoms with Crippen molar-refractivity contribution in [1.82, 2.24) is 0 Å². The summed E-state index contributed by atoms with van der Waals surface area (Å²) in [4.78, 5) is 27.4. The Labute approximate surface area is 195 Å². The Morgan fingerprint density at radius 3 is 2.42 bits per heavy atom. The third-order valence-electron chi connectivity index (χ3n) is 5.21. The van der Waals surface area contributed by atoms with Crippen LogP contribution in [0.5, 0.6) is 0 Å². The van der Waals surface area contributed by atoms with Crippen LogP contribution in [-0.2, 0) is 19.1 Å². The Balaban J connectivity index is 1.89. The summed E-state index contributed by atoms with van der Waals surface area (Å²) < 4.78 is 9.94. The number of ether oxygens (including phenoxy) is 2. The molecule has 1 atom stereocenters.